The quantitative estimate of drug-likeness (QED) is 0.523. The Labute approximate surface area is 169 Å². The highest BCUT2D eigenvalue weighted by Crippen LogP contribution is 2.24. The number of hydrogen-bond donors (Lipinski definition) is 1. The zero-order chi connectivity index (χ0) is 20.9. The van der Waals surface area contributed by atoms with Gasteiger partial charge >= 0.3 is 5.97 Å². The number of thioether (sulfide) groups is 1. The summed E-state index contributed by atoms with van der Waals surface area (Å²) in [6.07, 6.45) is 0.420. The van der Waals surface area contributed by atoms with Crippen LogP contribution in [0.1, 0.15) is 37.6 Å². The molecule has 0 aromatic heterocycles. The summed E-state index contributed by atoms with van der Waals surface area (Å²) >= 11 is 1.16. The monoisotopic (exact) mass is 427 g/mol. The van der Waals surface area contributed by atoms with Gasteiger partial charge in [0.1, 0.15) is 0 Å². The molecule has 1 unspecified atom stereocenters. The van der Waals surface area contributed by atoms with Gasteiger partial charge in [-0.05, 0) is 18.6 Å². The number of hydrogen-bond acceptors (Lipinski definition) is 7. The second-order valence-electron chi connectivity index (χ2n) is 7.70. The zero-order valence-electron chi connectivity index (χ0n) is 16.2. The molecule has 1 N–H and O–H groups in total. The summed E-state index contributed by atoms with van der Waals surface area (Å²) in [5.74, 6) is -0.999. The third-order valence-electron chi connectivity index (χ3n) is 4.23. The standard InChI is InChI=1S/C19H25NO6S2/c1-19(2,3)16(21)10-26-18(23)14-6-4-5-7-15(14)27-11-17(22)20-13-8-9-28(24,25)12-13/h4-7,13H,8-12H2,1-3H3,(H,20,22). The Morgan fingerprint density at radius 3 is 2.50 bits per heavy atom. The molecule has 1 heterocycles. The van der Waals surface area contributed by atoms with Crippen LogP contribution in [-0.2, 0) is 24.2 Å². The van der Waals surface area contributed by atoms with Crippen molar-refractivity contribution in [2.24, 2.45) is 5.41 Å². The number of carbonyl (C=O) groups excluding carboxylic acids is 3. The van der Waals surface area contributed by atoms with Gasteiger partial charge in [0.2, 0.25) is 5.91 Å². The molecule has 0 saturated carbocycles. The molecule has 1 aliphatic rings. The van der Waals surface area contributed by atoms with Gasteiger partial charge in [-0.2, -0.15) is 0 Å². The molecule has 7 nitrogen and oxygen atoms in total. The van der Waals surface area contributed by atoms with E-state index in [4.69, 9.17) is 4.74 Å². The van der Waals surface area contributed by atoms with Crippen molar-refractivity contribution < 1.29 is 27.5 Å². The Kier molecular flexibility index (Phi) is 7.28. The zero-order valence-corrected chi connectivity index (χ0v) is 17.8. The van der Waals surface area contributed by atoms with E-state index < -0.39 is 21.2 Å². The van der Waals surface area contributed by atoms with Crippen LogP contribution in [0.2, 0.25) is 0 Å². The number of nitrogens with one attached hydrogen (secondary N) is 1. The molecule has 154 valence electrons. The number of ketones is 1. The minimum absolute atomic E-state index is 0.0336. The lowest BCUT2D eigenvalue weighted by Gasteiger charge is -2.16. The van der Waals surface area contributed by atoms with Gasteiger partial charge in [-0.1, -0.05) is 32.9 Å². The van der Waals surface area contributed by atoms with Crippen LogP contribution in [0.25, 0.3) is 0 Å². The van der Waals surface area contributed by atoms with E-state index in [2.05, 4.69) is 5.32 Å². The fraction of sp³-hybridized carbons (Fsp3) is 0.526. The van der Waals surface area contributed by atoms with Gasteiger partial charge < -0.3 is 10.1 Å². The van der Waals surface area contributed by atoms with Crippen LogP contribution in [0.5, 0.6) is 0 Å². The van der Waals surface area contributed by atoms with E-state index >= 15 is 0 Å². The first-order valence-corrected chi connectivity index (χ1v) is 11.7. The van der Waals surface area contributed by atoms with Gasteiger partial charge in [0.05, 0.1) is 22.8 Å². The van der Waals surface area contributed by atoms with Crippen LogP contribution in [0.3, 0.4) is 0 Å². The predicted molar refractivity (Wildman–Crippen MR) is 107 cm³/mol. The molecule has 0 spiro atoms. The highest BCUT2D eigenvalue weighted by Gasteiger charge is 2.29. The average molecular weight is 428 g/mol. The number of benzene rings is 1. The van der Waals surface area contributed by atoms with Crippen molar-refractivity contribution in [1.29, 1.82) is 0 Å². The molecule has 1 amide bonds. The summed E-state index contributed by atoms with van der Waals surface area (Å²) in [5.41, 5.74) is -0.314. The summed E-state index contributed by atoms with van der Waals surface area (Å²) in [6, 6.07) is 6.33. The Morgan fingerprint density at radius 2 is 1.89 bits per heavy atom. The Morgan fingerprint density at radius 1 is 1.21 bits per heavy atom. The molecule has 2 rings (SSSR count). The number of amides is 1. The number of carbonyl (C=O) groups is 3. The molecule has 9 heteroatoms. The first-order valence-electron chi connectivity index (χ1n) is 8.90. The van der Waals surface area contributed by atoms with Gasteiger partial charge in [0.15, 0.2) is 22.2 Å². The molecule has 1 aromatic rings. The van der Waals surface area contributed by atoms with Crippen LogP contribution in [-0.4, -0.2) is 56.0 Å². The fourth-order valence-electron chi connectivity index (χ4n) is 2.51. The minimum atomic E-state index is -3.06. The van der Waals surface area contributed by atoms with E-state index in [1.807, 2.05) is 0 Å². The molecular weight excluding hydrogens is 402 g/mol. The van der Waals surface area contributed by atoms with Crippen LogP contribution in [0.15, 0.2) is 29.2 Å². The molecule has 0 aliphatic carbocycles. The summed E-state index contributed by atoms with van der Waals surface area (Å²) < 4.78 is 28.0. The van der Waals surface area contributed by atoms with E-state index in [0.29, 0.717) is 11.3 Å². The van der Waals surface area contributed by atoms with E-state index in [9.17, 15) is 22.8 Å². The SMILES string of the molecule is CC(C)(C)C(=O)COC(=O)c1ccccc1SCC(=O)NC1CCS(=O)(=O)C1. The van der Waals surface area contributed by atoms with E-state index in [0.717, 1.165) is 11.8 Å². The summed E-state index contributed by atoms with van der Waals surface area (Å²) in [7, 11) is -3.06. The van der Waals surface area contributed by atoms with E-state index in [1.54, 1.807) is 45.0 Å². The fourth-order valence-corrected chi connectivity index (χ4v) is 5.03. The normalized spacial score (nSPS) is 18.5. The number of esters is 1. The summed E-state index contributed by atoms with van der Waals surface area (Å²) in [6.45, 7) is 4.95. The largest absolute Gasteiger partial charge is 0.454 e. The van der Waals surface area contributed by atoms with E-state index in [1.165, 1.54) is 0 Å². The first-order chi connectivity index (χ1) is 13.0. The lowest BCUT2D eigenvalue weighted by molar-refractivity contribution is -0.129. The summed E-state index contributed by atoms with van der Waals surface area (Å²) in [4.78, 5) is 36.9. The molecule has 1 fully saturated rings. The number of sulfone groups is 1. The maximum atomic E-state index is 12.3. The maximum Gasteiger partial charge on any atom is 0.339 e. The highest BCUT2D eigenvalue weighted by atomic mass is 32.2. The van der Waals surface area contributed by atoms with E-state index in [-0.39, 0.29) is 47.2 Å². The van der Waals surface area contributed by atoms with Crippen LogP contribution >= 0.6 is 11.8 Å². The Hall–Kier alpha value is -1.87. The van der Waals surface area contributed by atoms with Crippen molar-refractivity contribution in [3.63, 3.8) is 0 Å². The van der Waals surface area contributed by atoms with Gasteiger partial charge in [0, 0.05) is 16.4 Å². The number of Topliss-reactive ketones (excluding diaryl/α,β-unsaturated/α-hetero) is 1. The van der Waals surface area contributed by atoms with Crippen molar-refractivity contribution in [2.45, 2.75) is 38.1 Å². The average Bonchev–Trinajstić information content (AvgIpc) is 2.95. The summed E-state index contributed by atoms with van der Waals surface area (Å²) in [5, 5.41) is 2.71. The van der Waals surface area contributed by atoms with Crippen molar-refractivity contribution >= 4 is 39.3 Å². The van der Waals surface area contributed by atoms with Gasteiger partial charge in [-0.3, -0.25) is 9.59 Å². The van der Waals surface area contributed by atoms with Crippen molar-refractivity contribution in [3.05, 3.63) is 29.8 Å². The van der Waals surface area contributed by atoms with Crippen LogP contribution in [0.4, 0.5) is 0 Å². The Balaban J connectivity index is 1.91. The topological polar surface area (TPSA) is 107 Å². The van der Waals surface area contributed by atoms with Gasteiger partial charge in [-0.25, -0.2) is 13.2 Å². The van der Waals surface area contributed by atoms with Crippen LogP contribution < -0.4 is 5.32 Å². The lowest BCUT2D eigenvalue weighted by Crippen LogP contribution is -2.36. The molecule has 0 radical (unpaired) electrons. The second kappa shape index (κ2) is 9.09. The second-order valence-corrected chi connectivity index (χ2v) is 10.9. The highest BCUT2D eigenvalue weighted by molar-refractivity contribution is 8.00. The third kappa shape index (κ3) is 6.63. The van der Waals surface area contributed by atoms with Gasteiger partial charge in [0.25, 0.3) is 0 Å². The third-order valence-corrected chi connectivity index (χ3v) is 7.08. The maximum absolute atomic E-state index is 12.3. The predicted octanol–water partition coefficient (Wildman–Crippen LogP) is 1.85. The smallest absolute Gasteiger partial charge is 0.339 e. The molecular formula is C19H25NO6S2. The molecule has 1 aromatic carbocycles. The molecule has 1 atom stereocenters. The molecule has 0 bridgehead atoms. The molecule has 28 heavy (non-hydrogen) atoms. The first kappa shape index (κ1) is 22.4. The van der Waals surface area contributed by atoms with Crippen LogP contribution in [0, 0.1) is 5.41 Å². The minimum Gasteiger partial charge on any atom is -0.454 e. The Bertz CT molecular complexity index is 857. The lowest BCUT2D eigenvalue weighted by atomic mass is 9.91. The number of rotatable bonds is 7. The molecule has 1 aliphatic heterocycles. The molecule has 1 saturated heterocycles. The van der Waals surface area contributed by atoms with Crippen molar-refractivity contribution in [1.82, 2.24) is 5.32 Å². The van der Waals surface area contributed by atoms with Gasteiger partial charge in [-0.15, -0.1) is 11.8 Å². The number of ether oxygens (including phenoxy) is 1. The van der Waals surface area contributed by atoms with Crippen molar-refractivity contribution in [2.75, 3.05) is 23.9 Å². The van der Waals surface area contributed by atoms with Crippen molar-refractivity contribution in [3.8, 4) is 0 Å².